The fourth-order valence-electron chi connectivity index (χ4n) is 2.38. The Labute approximate surface area is 118 Å². The molecule has 4 heteroatoms. The zero-order chi connectivity index (χ0) is 13.5. The normalized spacial score (nSPS) is 15.6. The van der Waals surface area contributed by atoms with Crippen molar-refractivity contribution in [3.05, 3.63) is 21.9 Å². The van der Waals surface area contributed by atoms with Crippen LogP contribution in [0.1, 0.15) is 47.3 Å². The monoisotopic (exact) mass is 277 g/mol. The molecule has 0 bridgehead atoms. The van der Waals surface area contributed by atoms with Crippen molar-refractivity contribution in [1.82, 2.24) is 5.32 Å². The first-order chi connectivity index (χ1) is 9.29. The van der Waals surface area contributed by atoms with Gasteiger partial charge in [0, 0.05) is 11.9 Å². The van der Waals surface area contributed by atoms with Gasteiger partial charge in [0.25, 0.3) is 5.91 Å². The van der Waals surface area contributed by atoms with Crippen molar-refractivity contribution in [3.63, 3.8) is 0 Å². The highest BCUT2D eigenvalue weighted by Crippen LogP contribution is 2.23. The molecule has 0 radical (unpaired) electrons. The van der Waals surface area contributed by atoms with Crippen molar-refractivity contribution < 1.29 is 9.90 Å². The predicted octanol–water partition coefficient (Wildman–Crippen LogP) is 2.40. The van der Waals surface area contributed by atoms with Crippen LogP contribution in [0.2, 0.25) is 0 Å². The molecule has 1 aromatic heterocycles. The van der Waals surface area contributed by atoms with E-state index in [1.165, 1.54) is 43.4 Å². The van der Waals surface area contributed by atoms with E-state index in [0.717, 1.165) is 11.4 Å². The van der Waals surface area contributed by atoms with Gasteiger partial charge in [0.2, 0.25) is 0 Å². The highest BCUT2D eigenvalue weighted by molar-refractivity contribution is 7.10. The van der Waals surface area contributed by atoms with E-state index in [0.29, 0.717) is 11.5 Å². The summed E-state index contributed by atoms with van der Waals surface area (Å²) in [5, 5.41) is 13.4. The maximum Gasteiger partial charge on any atom is 0.252 e. The Morgan fingerprint density at radius 3 is 2.95 bits per heavy atom. The van der Waals surface area contributed by atoms with E-state index in [1.807, 2.05) is 5.38 Å². The predicted molar refractivity (Wildman–Crippen MR) is 77.2 cm³/mol. The van der Waals surface area contributed by atoms with Gasteiger partial charge in [0.15, 0.2) is 0 Å². The van der Waals surface area contributed by atoms with Gasteiger partial charge < -0.3 is 10.4 Å². The molecule has 0 spiro atoms. The molecule has 1 aliphatic rings. The summed E-state index contributed by atoms with van der Waals surface area (Å²) in [5.41, 5.74) is 0.669. The first kappa shape index (κ1) is 14.1. The van der Waals surface area contributed by atoms with E-state index in [4.69, 9.17) is 5.11 Å². The molecule has 102 valence electrons. The summed E-state index contributed by atoms with van der Waals surface area (Å²) in [6, 6.07) is 1.78. The number of carbonyl (C=O) groups excluding carboxylic acids is 1. The molecule has 1 aromatic rings. The number of aliphatic hydroxyl groups excluding tert-OH is 1. The minimum absolute atomic E-state index is 0.0149. The SMILES string of the molecule is O=C(NCC1CCCCC1)c1csc(C#CCO)c1. The van der Waals surface area contributed by atoms with E-state index < -0.39 is 0 Å². The minimum atomic E-state index is -0.152. The molecule has 1 aliphatic carbocycles. The number of amides is 1. The second-order valence-corrected chi connectivity index (χ2v) is 5.78. The molecule has 1 heterocycles. The molecule has 0 atom stereocenters. The van der Waals surface area contributed by atoms with Crippen LogP contribution in [-0.4, -0.2) is 24.2 Å². The van der Waals surface area contributed by atoms with Crippen LogP contribution in [0.4, 0.5) is 0 Å². The molecule has 1 fully saturated rings. The average molecular weight is 277 g/mol. The van der Waals surface area contributed by atoms with Crippen LogP contribution < -0.4 is 5.32 Å². The van der Waals surface area contributed by atoms with Crippen LogP contribution in [0.3, 0.4) is 0 Å². The van der Waals surface area contributed by atoms with Gasteiger partial charge in [-0.3, -0.25) is 4.79 Å². The molecule has 3 nitrogen and oxygen atoms in total. The largest absolute Gasteiger partial charge is 0.384 e. The summed E-state index contributed by atoms with van der Waals surface area (Å²) < 4.78 is 0. The van der Waals surface area contributed by atoms with Crippen molar-refractivity contribution in [2.75, 3.05) is 13.2 Å². The Morgan fingerprint density at radius 2 is 2.21 bits per heavy atom. The second kappa shape index (κ2) is 7.32. The van der Waals surface area contributed by atoms with Crippen molar-refractivity contribution >= 4 is 17.2 Å². The Hall–Kier alpha value is -1.31. The van der Waals surface area contributed by atoms with Crippen molar-refractivity contribution in [2.45, 2.75) is 32.1 Å². The van der Waals surface area contributed by atoms with E-state index in [9.17, 15) is 4.79 Å². The summed E-state index contributed by atoms with van der Waals surface area (Å²) in [6.45, 7) is 0.632. The number of hydrogen-bond acceptors (Lipinski definition) is 3. The lowest BCUT2D eigenvalue weighted by Gasteiger charge is -2.21. The van der Waals surface area contributed by atoms with E-state index in [-0.39, 0.29) is 12.5 Å². The highest BCUT2D eigenvalue weighted by Gasteiger charge is 2.15. The molecule has 19 heavy (non-hydrogen) atoms. The summed E-state index contributed by atoms with van der Waals surface area (Å²) >= 11 is 1.43. The Kier molecular flexibility index (Phi) is 5.44. The number of rotatable bonds is 3. The fourth-order valence-corrected chi connectivity index (χ4v) is 3.13. The lowest BCUT2D eigenvalue weighted by Crippen LogP contribution is -2.29. The average Bonchev–Trinajstić information content (AvgIpc) is 2.92. The first-order valence-corrected chi connectivity index (χ1v) is 7.64. The third-order valence-electron chi connectivity index (χ3n) is 3.43. The zero-order valence-corrected chi connectivity index (χ0v) is 11.8. The molecule has 2 N–H and O–H groups in total. The van der Waals surface area contributed by atoms with Crippen molar-refractivity contribution in [2.24, 2.45) is 5.92 Å². The van der Waals surface area contributed by atoms with Crippen LogP contribution in [-0.2, 0) is 0 Å². The topological polar surface area (TPSA) is 49.3 Å². The summed E-state index contributed by atoms with van der Waals surface area (Å²) in [6.07, 6.45) is 6.38. The van der Waals surface area contributed by atoms with Gasteiger partial charge in [-0.2, -0.15) is 0 Å². The number of hydrogen-bond donors (Lipinski definition) is 2. The number of nitrogens with one attached hydrogen (secondary N) is 1. The lowest BCUT2D eigenvalue weighted by molar-refractivity contribution is 0.0944. The van der Waals surface area contributed by atoms with Gasteiger partial charge in [-0.1, -0.05) is 31.1 Å². The van der Waals surface area contributed by atoms with Gasteiger partial charge in [-0.15, -0.1) is 11.3 Å². The molecule has 0 saturated heterocycles. The Morgan fingerprint density at radius 1 is 1.42 bits per heavy atom. The van der Waals surface area contributed by atoms with Crippen LogP contribution in [0, 0.1) is 17.8 Å². The first-order valence-electron chi connectivity index (χ1n) is 6.76. The standard InChI is InChI=1S/C15H19NO2S/c17-8-4-7-14-9-13(11-19-14)15(18)16-10-12-5-2-1-3-6-12/h9,11-12,17H,1-3,5-6,8,10H2,(H,16,18). The molecule has 0 aromatic carbocycles. The zero-order valence-electron chi connectivity index (χ0n) is 10.9. The van der Waals surface area contributed by atoms with Crippen LogP contribution in [0.5, 0.6) is 0 Å². The fraction of sp³-hybridized carbons (Fsp3) is 0.533. The summed E-state index contributed by atoms with van der Waals surface area (Å²) in [4.78, 5) is 12.8. The van der Waals surface area contributed by atoms with Gasteiger partial charge in [-0.05, 0) is 24.8 Å². The third kappa shape index (κ3) is 4.38. The molecule has 1 amide bonds. The quantitative estimate of drug-likeness (QED) is 0.834. The van der Waals surface area contributed by atoms with Crippen LogP contribution >= 0.6 is 11.3 Å². The van der Waals surface area contributed by atoms with Crippen molar-refractivity contribution in [3.8, 4) is 11.8 Å². The van der Waals surface area contributed by atoms with Gasteiger partial charge in [0.1, 0.15) is 6.61 Å². The van der Waals surface area contributed by atoms with E-state index in [2.05, 4.69) is 17.2 Å². The number of thiophene rings is 1. The lowest BCUT2D eigenvalue weighted by atomic mass is 9.89. The van der Waals surface area contributed by atoms with Gasteiger partial charge in [-0.25, -0.2) is 0 Å². The highest BCUT2D eigenvalue weighted by atomic mass is 32.1. The van der Waals surface area contributed by atoms with E-state index in [1.54, 1.807) is 6.07 Å². The maximum absolute atomic E-state index is 12.0. The smallest absolute Gasteiger partial charge is 0.252 e. The third-order valence-corrected chi connectivity index (χ3v) is 4.27. The Bertz CT molecular complexity index is 478. The van der Waals surface area contributed by atoms with Gasteiger partial charge >= 0.3 is 0 Å². The van der Waals surface area contributed by atoms with Crippen molar-refractivity contribution in [1.29, 1.82) is 0 Å². The Balaban J connectivity index is 1.83. The molecule has 2 rings (SSSR count). The summed E-state index contributed by atoms with van der Waals surface area (Å²) in [5.74, 6) is 6.03. The maximum atomic E-state index is 12.0. The number of carbonyl (C=O) groups is 1. The van der Waals surface area contributed by atoms with Gasteiger partial charge in [0.05, 0.1) is 10.4 Å². The molecule has 0 aliphatic heterocycles. The molecule has 0 unspecified atom stereocenters. The molecule has 1 saturated carbocycles. The second-order valence-electron chi connectivity index (χ2n) is 4.87. The summed E-state index contributed by atoms with van der Waals surface area (Å²) in [7, 11) is 0. The van der Waals surface area contributed by atoms with Crippen LogP contribution in [0.25, 0.3) is 0 Å². The van der Waals surface area contributed by atoms with E-state index >= 15 is 0 Å². The van der Waals surface area contributed by atoms with Crippen LogP contribution in [0.15, 0.2) is 11.4 Å². The number of aliphatic hydroxyl groups is 1. The molecular formula is C15H19NO2S. The minimum Gasteiger partial charge on any atom is -0.384 e. The molecular weight excluding hydrogens is 258 g/mol.